The van der Waals surface area contributed by atoms with Crippen molar-refractivity contribution in [3.8, 4) is 12.1 Å². The maximum atomic E-state index is 9.23. The molecule has 1 aromatic carbocycles. The number of hydrogen-bond donors (Lipinski definition) is 0. The van der Waals surface area contributed by atoms with E-state index in [4.69, 9.17) is 0 Å². The fourth-order valence-electron chi connectivity index (χ4n) is 3.11. The van der Waals surface area contributed by atoms with Gasteiger partial charge >= 0.3 is 0 Å². The minimum Gasteiger partial charge on any atom is -0.197 e. The zero-order valence-electron chi connectivity index (χ0n) is 14.5. The summed E-state index contributed by atoms with van der Waals surface area (Å²) in [6.07, 6.45) is 12.6. The number of nitrogens with zero attached hydrogens (tertiary/aromatic N) is 2. The molecule has 0 radical (unpaired) electrons. The van der Waals surface area contributed by atoms with Crippen molar-refractivity contribution in [2.75, 3.05) is 0 Å². The van der Waals surface area contributed by atoms with Crippen LogP contribution in [0.4, 0.5) is 0 Å². The SMILES string of the molecule is CCCCCCCCCCCC(c1ccccc1)C(C#N)C#N. The normalized spacial score (nSPS) is 11.8. The van der Waals surface area contributed by atoms with Gasteiger partial charge in [0, 0.05) is 5.92 Å². The fraction of sp³-hybridized carbons (Fsp3) is 0.619. The van der Waals surface area contributed by atoms with Crippen LogP contribution in [0.25, 0.3) is 0 Å². The summed E-state index contributed by atoms with van der Waals surface area (Å²) in [5.74, 6) is -0.484. The highest BCUT2D eigenvalue weighted by molar-refractivity contribution is 5.24. The van der Waals surface area contributed by atoms with Gasteiger partial charge in [0.25, 0.3) is 0 Å². The van der Waals surface area contributed by atoms with Crippen molar-refractivity contribution in [2.45, 2.75) is 77.0 Å². The van der Waals surface area contributed by atoms with E-state index < -0.39 is 5.92 Å². The third-order valence-electron chi connectivity index (χ3n) is 4.53. The molecule has 1 atom stereocenters. The predicted octanol–water partition coefficient (Wildman–Crippen LogP) is 6.35. The summed E-state index contributed by atoms with van der Waals surface area (Å²) in [7, 11) is 0. The average Bonchev–Trinajstić information content (AvgIpc) is 2.60. The Morgan fingerprint density at radius 1 is 0.783 bits per heavy atom. The topological polar surface area (TPSA) is 47.6 Å². The third kappa shape index (κ3) is 7.85. The lowest BCUT2D eigenvalue weighted by atomic mass is 9.83. The summed E-state index contributed by atoms with van der Waals surface area (Å²) < 4.78 is 0. The molecule has 0 bridgehead atoms. The monoisotopic (exact) mass is 310 g/mol. The van der Waals surface area contributed by atoms with Gasteiger partial charge in [-0.1, -0.05) is 95.0 Å². The molecule has 0 heterocycles. The second-order valence-corrected chi connectivity index (χ2v) is 6.37. The van der Waals surface area contributed by atoms with Crippen molar-refractivity contribution in [1.82, 2.24) is 0 Å². The Hall–Kier alpha value is -1.80. The molecule has 0 aliphatic carbocycles. The molecule has 0 aromatic heterocycles. The first kappa shape index (κ1) is 19.2. The molecule has 124 valence electrons. The zero-order valence-corrected chi connectivity index (χ0v) is 14.5. The highest BCUT2D eigenvalue weighted by Crippen LogP contribution is 2.30. The molecule has 0 aliphatic rings. The first-order chi connectivity index (χ1) is 11.3. The van der Waals surface area contributed by atoms with E-state index in [-0.39, 0.29) is 5.92 Å². The Bertz CT molecular complexity index is 467. The number of hydrogen-bond acceptors (Lipinski definition) is 2. The number of unbranched alkanes of at least 4 members (excludes halogenated alkanes) is 8. The van der Waals surface area contributed by atoms with Crippen LogP contribution in [-0.2, 0) is 0 Å². The van der Waals surface area contributed by atoms with Gasteiger partial charge in [-0.2, -0.15) is 10.5 Å². The summed E-state index contributed by atoms with van der Waals surface area (Å²) in [6.45, 7) is 2.25. The first-order valence-corrected chi connectivity index (χ1v) is 9.17. The van der Waals surface area contributed by atoms with Crippen LogP contribution in [0.5, 0.6) is 0 Å². The second kappa shape index (κ2) is 12.7. The molecule has 2 heteroatoms. The van der Waals surface area contributed by atoms with E-state index >= 15 is 0 Å². The van der Waals surface area contributed by atoms with Crippen LogP contribution in [0.3, 0.4) is 0 Å². The molecule has 0 N–H and O–H groups in total. The van der Waals surface area contributed by atoms with E-state index in [1.165, 1.54) is 51.4 Å². The minimum absolute atomic E-state index is 0.0516. The molecule has 1 rings (SSSR count). The van der Waals surface area contributed by atoms with E-state index in [2.05, 4.69) is 19.1 Å². The Balaban J connectivity index is 2.31. The van der Waals surface area contributed by atoms with E-state index in [0.717, 1.165) is 18.4 Å². The lowest BCUT2D eigenvalue weighted by Crippen LogP contribution is -2.09. The minimum atomic E-state index is -0.536. The van der Waals surface area contributed by atoms with E-state index in [9.17, 15) is 10.5 Å². The fourth-order valence-corrected chi connectivity index (χ4v) is 3.11. The van der Waals surface area contributed by atoms with Crippen LogP contribution in [-0.4, -0.2) is 0 Å². The van der Waals surface area contributed by atoms with Gasteiger partial charge in [-0.25, -0.2) is 0 Å². The molecule has 0 amide bonds. The smallest absolute Gasteiger partial charge is 0.140 e. The Kier molecular flexibility index (Phi) is 10.6. The van der Waals surface area contributed by atoms with Crippen molar-refractivity contribution < 1.29 is 0 Å². The van der Waals surface area contributed by atoms with Crippen molar-refractivity contribution in [3.63, 3.8) is 0 Å². The molecular formula is C21H30N2. The summed E-state index contributed by atoms with van der Waals surface area (Å²) in [5, 5.41) is 18.5. The molecule has 23 heavy (non-hydrogen) atoms. The highest BCUT2D eigenvalue weighted by atomic mass is 14.4. The van der Waals surface area contributed by atoms with Crippen molar-refractivity contribution in [1.29, 1.82) is 10.5 Å². The average molecular weight is 310 g/mol. The second-order valence-electron chi connectivity index (χ2n) is 6.37. The summed E-state index contributed by atoms with van der Waals surface area (Å²) in [4.78, 5) is 0. The summed E-state index contributed by atoms with van der Waals surface area (Å²) in [5.41, 5.74) is 1.13. The van der Waals surface area contributed by atoms with Crippen LogP contribution in [0.1, 0.15) is 82.6 Å². The van der Waals surface area contributed by atoms with E-state index in [1.54, 1.807) is 0 Å². The Labute approximate surface area is 142 Å². The maximum absolute atomic E-state index is 9.23. The van der Waals surface area contributed by atoms with Crippen LogP contribution >= 0.6 is 0 Å². The summed E-state index contributed by atoms with van der Waals surface area (Å²) in [6, 6.07) is 14.4. The molecule has 0 saturated carbocycles. The van der Waals surface area contributed by atoms with Gasteiger partial charge in [-0.15, -0.1) is 0 Å². The van der Waals surface area contributed by atoms with Crippen molar-refractivity contribution >= 4 is 0 Å². The highest BCUT2D eigenvalue weighted by Gasteiger charge is 2.22. The molecule has 1 aromatic rings. The Morgan fingerprint density at radius 2 is 1.30 bits per heavy atom. The largest absolute Gasteiger partial charge is 0.197 e. The lowest BCUT2D eigenvalue weighted by molar-refractivity contribution is 0.501. The van der Waals surface area contributed by atoms with E-state index in [1.807, 2.05) is 30.3 Å². The molecular weight excluding hydrogens is 280 g/mol. The predicted molar refractivity (Wildman–Crippen MR) is 95.7 cm³/mol. The maximum Gasteiger partial charge on any atom is 0.140 e. The van der Waals surface area contributed by atoms with Crippen LogP contribution in [0.15, 0.2) is 30.3 Å². The van der Waals surface area contributed by atoms with Gasteiger partial charge in [-0.05, 0) is 12.0 Å². The van der Waals surface area contributed by atoms with Crippen molar-refractivity contribution in [2.24, 2.45) is 5.92 Å². The van der Waals surface area contributed by atoms with Crippen molar-refractivity contribution in [3.05, 3.63) is 35.9 Å². The molecule has 0 aliphatic heterocycles. The molecule has 0 fully saturated rings. The summed E-state index contributed by atoms with van der Waals surface area (Å²) >= 11 is 0. The molecule has 0 spiro atoms. The first-order valence-electron chi connectivity index (χ1n) is 9.17. The molecule has 1 unspecified atom stereocenters. The van der Waals surface area contributed by atoms with Gasteiger partial charge in [0.15, 0.2) is 0 Å². The molecule has 0 saturated heterocycles. The van der Waals surface area contributed by atoms with Gasteiger partial charge < -0.3 is 0 Å². The van der Waals surface area contributed by atoms with E-state index in [0.29, 0.717) is 0 Å². The Morgan fingerprint density at radius 3 is 1.83 bits per heavy atom. The van der Waals surface area contributed by atoms with Gasteiger partial charge in [-0.3, -0.25) is 0 Å². The van der Waals surface area contributed by atoms with Gasteiger partial charge in [0.1, 0.15) is 5.92 Å². The van der Waals surface area contributed by atoms with Crippen LogP contribution < -0.4 is 0 Å². The number of benzene rings is 1. The number of nitriles is 2. The van der Waals surface area contributed by atoms with Crippen LogP contribution in [0, 0.1) is 28.6 Å². The van der Waals surface area contributed by atoms with Gasteiger partial charge in [0.05, 0.1) is 12.1 Å². The molecule has 2 nitrogen and oxygen atoms in total. The van der Waals surface area contributed by atoms with Crippen LogP contribution in [0.2, 0.25) is 0 Å². The standard InChI is InChI=1S/C21H30N2/c1-2-3-4-5-6-7-8-9-13-16-21(20(17-22)18-23)19-14-11-10-12-15-19/h10-12,14-15,20-21H,2-9,13,16H2,1H3. The third-order valence-corrected chi connectivity index (χ3v) is 4.53. The zero-order chi connectivity index (χ0) is 16.8. The lowest BCUT2D eigenvalue weighted by Gasteiger charge is -2.17. The number of rotatable bonds is 12. The van der Waals surface area contributed by atoms with Gasteiger partial charge in [0.2, 0.25) is 0 Å². The quantitative estimate of drug-likeness (QED) is 0.422.